The maximum absolute atomic E-state index is 11.1. The summed E-state index contributed by atoms with van der Waals surface area (Å²) in [6.07, 6.45) is 11.8. The molecular weight excluding hydrogens is 855 g/mol. The molecule has 1 fully saturated rings. The third kappa shape index (κ3) is 23.6. The van der Waals surface area contributed by atoms with Gasteiger partial charge in [-0.2, -0.15) is 9.61 Å². The van der Waals surface area contributed by atoms with Crippen molar-refractivity contribution < 1.29 is 57.3 Å². The van der Waals surface area contributed by atoms with E-state index in [0.717, 1.165) is 67.2 Å². The van der Waals surface area contributed by atoms with Crippen LogP contribution in [0.25, 0.3) is 5.65 Å². The second-order valence-electron chi connectivity index (χ2n) is 14.9. The van der Waals surface area contributed by atoms with Gasteiger partial charge in [-0.15, -0.1) is 0 Å². The van der Waals surface area contributed by atoms with Crippen LogP contribution in [-0.2, 0) is 60.4 Å². The summed E-state index contributed by atoms with van der Waals surface area (Å²) in [7, 11) is 3.31. The Bertz CT molecular complexity index is 1680. The number of anilines is 2. The van der Waals surface area contributed by atoms with Gasteiger partial charge in [0.1, 0.15) is 18.2 Å². The smallest absolute Gasteiger partial charge is 0.330 e. The monoisotopic (exact) mass is 934 g/mol. The summed E-state index contributed by atoms with van der Waals surface area (Å²) in [6.45, 7) is 17.4. The van der Waals surface area contributed by atoms with E-state index in [1.807, 2.05) is 54.8 Å². The summed E-state index contributed by atoms with van der Waals surface area (Å²) in [4.78, 5) is 25.0. The van der Waals surface area contributed by atoms with Crippen LogP contribution in [0.1, 0.15) is 57.6 Å². The number of hydrogen-bond donors (Lipinski definition) is 2. The Morgan fingerprint density at radius 1 is 0.818 bits per heavy atom. The van der Waals surface area contributed by atoms with E-state index in [9.17, 15) is 9.90 Å². The number of esters is 1. The van der Waals surface area contributed by atoms with E-state index in [4.69, 9.17) is 47.6 Å². The molecule has 1 unspecified atom stereocenters. The summed E-state index contributed by atoms with van der Waals surface area (Å²) in [5, 5.41) is 17.8. The van der Waals surface area contributed by atoms with Crippen LogP contribution in [0.3, 0.4) is 0 Å². The molecule has 0 spiro atoms. The molecule has 0 amide bonds. The van der Waals surface area contributed by atoms with Gasteiger partial charge >= 0.3 is 5.97 Å². The van der Waals surface area contributed by atoms with E-state index < -0.39 is 0 Å². The number of ether oxygens (including phenoxy) is 10. The van der Waals surface area contributed by atoms with E-state index in [0.29, 0.717) is 131 Å². The van der Waals surface area contributed by atoms with E-state index in [-0.39, 0.29) is 18.6 Å². The van der Waals surface area contributed by atoms with Crippen molar-refractivity contribution in [1.82, 2.24) is 24.5 Å². The van der Waals surface area contributed by atoms with Crippen LogP contribution in [-0.4, -0.2) is 194 Å². The van der Waals surface area contributed by atoms with Crippen LogP contribution in [0, 0.1) is 0 Å². The van der Waals surface area contributed by atoms with Gasteiger partial charge in [-0.1, -0.05) is 32.9 Å². The van der Waals surface area contributed by atoms with Gasteiger partial charge < -0.3 is 67.6 Å². The molecule has 0 bridgehead atoms. The van der Waals surface area contributed by atoms with Gasteiger partial charge in [0.15, 0.2) is 5.65 Å². The fourth-order valence-corrected chi connectivity index (χ4v) is 6.62. The van der Waals surface area contributed by atoms with Crippen molar-refractivity contribution in [3.63, 3.8) is 0 Å². The van der Waals surface area contributed by atoms with Gasteiger partial charge in [-0.3, -0.25) is 0 Å². The molecule has 3 aromatic heterocycles. The Morgan fingerprint density at radius 3 is 1.92 bits per heavy atom. The predicted molar refractivity (Wildman–Crippen MR) is 253 cm³/mol. The van der Waals surface area contributed by atoms with Crippen LogP contribution in [0.15, 0.2) is 42.7 Å². The van der Waals surface area contributed by atoms with Crippen LogP contribution in [0.4, 0.5) is 11.6 Å². The minimum absolute atomic E-state index is 0.172. The largest absolute Gasteiger partial charge is 0.475 e. The van der Waals surface area contributed by atoms with Crippen molar-refractivity contribution in [2.75, 3.05) is 163 Å². The normalized spacial score (nSPS) is 14.0. The summed E-state index contributed by atoms with van der Waals surface area (Å²) in [6, 6.07) is 6.21. The summed E-state index contributed by atoms with van der Waals surface area (Å²) in [5.41, 5.74) is 2.96. The number of aliphatic hydroxyl groups is 1. The number of rotatable bonds is 38. The maximum Gasteiger partial charge on any atom is 0.330 e. The number of aromatic nitrogens is 4. The average molecular weight is 934 g/mol. The second kappa shape index (κ2) is 37.0. The number of methoxy groups -OCH3 is 1. The third-order valence-electron chi connectivity index (χ3n) is 10.1. The Kier molecular flexibility index (Phi) is 31.6. The molecule has 19 heteroatoms. The zero-order chi connectivity index (χ0) is 47.3. The van der Waals surface area contributed by atoms with E-state index in [1.165, 1.54) is 19.6 Å². The van der Waals surface area contributed by atoms with Gasteiger partial charge in [-0.25, -0.2) is 14.8 Å². The SMILES string of the molecule is CC.CCc1cnn2c(NCc3ccc(OCCOCCOCCOCCOCCOCCOCCOCCOCCN(C)C/C=C/C(=O)OC)nc3)cc(N3CCCCC3CCO)nc12. The molecule has 374 valence electrons. The molecule has 1 saturated heterocycles. The summed E-state index contributed by atoms with van der Waals surface area (Å²) in [5.74, 6) is 1.97. The number of aryl methyl sites for hydroxylation is 1. The topological polar surface area (TPSA) is 191 Å². The maximum atomic E-state index is 11.1. The number of nitrogens with one attached hydrogen (secondary N) is 1. The number of nitrogens with zero attached hydrogens (tertiary/aromatic N) is 6. The lowest BCUT2D eigenvalue weighted by atomic mass is 9.99. The van der Waals surface area contributed by atoms with E-state index >= 15 is 0 Å². The Morgan fingerprint density at radius 2 is 1.39 bits per heavy atom. The van der Waals surface area contributed by atoms with Crippen molar-refractivity contribution in [1.29, 1.82) is 0 Å². The van der Waals surface area contributed by atoms with Crippen molar-refractivity contribution in [3.8, 4) is 5.88 Å². The average Bonchev–Trinajstić information content (AvgIpc) is 3.77. The first-order chi connectivity index (χ1) is 32.5. The first-order valence-corrected chi connectivity index (χ1v) is 23.6. The molecule has 1 atom stereocenters. The van der Waals surface area contributed by atoms with Crippen molar-refractivity contribution in [2.45, 2.75) is 65.5 Å². The lowest BCUT2D eigenvalue weighted by Crippen LogP contribution is -2.40. The van der Waals surface area contributed by atoms with Crippen molar-refractivity contribution in [3.05, 3.63) is 53.9 Å². The molecular formula is C47H79N7O12. The molecule has 1 aliphatic heterocycles. The second-order valence-corrected chi connectivity index (χ2v) is 14.9. The number of piperidine rings is 1. The molecule has 3 aromatic rings. The first-order valence-electron chi connectivity index (χ1n) is 23.6. The molecule has 4 heterocycles. The number of likely N-dealkylation sites (N-methyl/N-ethyl adjacent to an activating group) is 1. The van der Waals surface area contributed by atoms with Gasteiger partial charge in [0, 0.05) is 68.8 Å². The summed E-state index contributed by atoms with van der Waals surface area (Å²) < 4.78 is 56.6. The Hall–Kier alpha value is -4.02. The van der Waals surface area contributed by atoms with Crippen LogP contribution in [0.2, 0.25) is 0 Å². The summed E-state index contributed by atoms with van der Waals surface area (Å²) >= 11 is 0. The number of pyridine rings is 1. The van der Waals surface area contributed by atoms with E-state index in [1.54, 1.807) is 6.08 Å². The fraction of sp³-hybridized carbons (Fsp3) is 0.702. The number of aliphatic hydroxyl groups excluding tert-OH is 1. The predicted octanol–water partition coefficient (Wildman–Crippen LogP) is 4.24. The van der Waals surface area contributed by atoms with Crippen molar-refractivity contribution >= 4 is 23.3 Å². The first kappa shape index (κ1) is 56.3. The van der Waals surface area contributed by atoms with Crippen LogP contribution < -0.4 is 15.0 Å². The Labute approximate surface area is 392 Å². The molecule has 66 heavy (non-hydrogen) atoms. The van der Waals surface area contributed by atoms with Gasteiger partial charge in [0.2, 0.25) is 5.88 Å². The molecule has 2 N–H and O–H groups in total. The number of hydrogen-bond acceptors (Lipinski definition) is 18. The lowest BCUT2D eigenvalue weighted by Gasteiger charge is -2.36. The molecule has 0 radical (unpaired) electrons. The molecule has 4 rings (SSSR count). The standard InChI is InChI=1S/C45H73N7O12.C2H6/c1-4-39-37-48-52-41(34-42(49-45(39)52)51-14-6-5-8-40(51)12-16-53)46-35-38-10-11-43(47-36-38)64-33-32-63-31-30-62-29-28-61-27-26-60-25-24-59-23-22-58-21-20-57-19-18-56-17-15-50(2)13-7-9-44(54)55-3;1-2/h7,9-11,34,36-37,40,46,53H,4-6,8,12-33,35H2,1-3H3;1-2H3/b9-7+;. The van der Waals surface area contributed by atoms with Gasteiger partial charge in [-0.05, 0) is 44.7 Å². The Balaban J connectivity index is 0.00000570. The minimum atomic E-state index is -0.357. The highest BCUT2D eigenvalue weighted by Gasteiger charge is 2.25. The van der Waals surface area contributed by atoms with Crippen LogP contribution in [0.5, 0.6) is 5.88 Å². The van der Waals surface area contributed by atoms with Crippen LogP contribution >= 0.6 is 0 Å². The highest BCUT2D eigenvalue weighted by molar-refractivity contribution is 5.81. The van der Waals surface area contributed by atoms with Gasteiger partial charge in [0.25, 0.3) is 0 Å². The number of fused-ring (bicyclic) bond motifs is 1. The molecule has 0 saturated carbocycles. The number of carbonyl (C=O) groups excluding carboxylic acids is 1. The molecule has 19 nitrogen and oxygen atoms in total. The van der Waals surface area contributed by atoms with E-state index in [2.05, 4.69) is 38.0 Å². The zero-order valence-electron chi connectivity index (χ0n) is 40.3. The molecule has 1 aliphatic rings. The highest BCUT2D eigenvalue weighted by Crippen LogP contribution is 2.29. The quantitative estimate of drug-likeness (QED) is 0.0471. The zero-order valence-corrected chi connectivity index (χ0v) is 40.3. The third-order valence-corrected chi connectivity index (χ3v) is 10.1. The lowest BCUT2D eigenvalue weighted by molar-refractivity contribution is -0.134. The number of carbonyl (C=O) groups is 1. The fourth-order valence-electron chi connectivity index (χ4n) is 6.62. The highest BCUT2D eigenvalue weighted by atomic mass is 16.6. The minimum Gasteiger partial charge on any atom is -0.475 e. The van der Waals surface area contributed by atoms with Crippen molar-refractivity contribution in [2.24, 2.45) is 0 Å². The van der Waals surface area contributed by atoms with Gasteiger partial charge in [0.05, 0.1) is 119 Å². The molecule has 0 aromatic carbocycles. The molecule has 0 aliphatic carbocycles.